The SMILES string of the molecule is CCCNCc1cn(Cc2ccc(F)cc2C)nc1C. The van der Waals surface area contributed by atoms with Gasteiger partial charge in [0.05, 0.1) is 12.2 Å². The fraction of sp³-hybridized carbons (Fsp3) is 0.438. The highest BCUT2D eigenvalue weighted by atomic mass is 19.1. The van der Waals surface area contributed by atoms with Crippen molar-refractivity contribution >= 4 is 0 Å². The molecule has 0 saturated carbocycles. The molecule has 0 aliphatic heterocycles. The van der Waals surface area contributed by atoms with E-state index in [1.165, 1.54) is 11.6 Å². The van der Waals surface area contributed by atoms with Gasteiger partial charge >= 0.3 is 0 Å². The number of nitrogens with zero attached hydrogens (tertiary/aromatic N) is 2. The molecular formula is C16H22FN3. The van der Waals surface area contributed by atoms with Crippen LogP contribution in [0.15, 0.2) is 24.4 Å². The van der Waals surface area contributed by atoms with Crippen molar-refractivity contribution in [3.63, 3.8) is 0 Å². The van der Waals surface area contributed by atoms with Gasteiger partial charge in [-0.1, -0.05) is 13.0 Å². The van der Waals surface area contributed by atoms with Gasteiger partial charge in [0.25, 0.3) is 0 Å². The van der Waals surface area contributed by atoms with E-state index >= 15 is 0 Å². The van der Waals surface area contributed by atoms with Crippen LogP contribution in [-0.4, -0.2) is 16.3 Å². The predicted molar refractivity (Wildman–Crippen MR) is 79.2 cm³/mol. The van der Waals surface area contributed by atoms with Crippen LogP contribution in [0.4, 0.5) is 4.39 Å². The van der Waals surface area contributed by atoms with Gasteiger partial charge in [-0.15, -0.1) is 0 Å². The minimum absolute atomic E-state index is 0.188. The maximum atomic E-state index is 13.1. The van der Waals surface area contributed by atoms with Gasteiger partial charge in [0.2, 0.25) is 0 Å². The van der Waals surface area contributed by atoms with Crippen LogP contribution in [-0.2, 0) is 13.1 Å². The van der Waals surface area contributed by atoms with Crippen molar-refractivity contribution in [3.05, 3.63) is 52.6 Å². The second kappa shape index (κ2) is 6.66. The lowest BCUT2D eigenvalue weighted by molar-refractivity contribution is 0.622. The Morgan fingerprint density at radius 1 is 1.25 bits per heavy atom. The van der Waals surface area contributed by atoms with E-state index in [2.05, 4.69) is 23.5 Å². The van der Waals surface area contributed by atoms with Crippen molar-refractivity contribution in [2.24, 2.45) is 0 Å². The average Bonchev–Trinajstić information content (AvgIpc) is 2.74. The molecule has 0 spiro atoms. The lowest BCUT2D eigenvalue weighted by Gasteiger charge is -2.06. The van der Waals surface area contributed by atoms with Gasteiger partial charge in [0.1, 0.15) is 5.82 Å². The van der Waals surface area contributed by atoms with E-state index in [9.17, 15) is 4.39 Å². The summed E-state index contributed by atoms with van der Waals surface area (Å²) in [5, 5.41) is 7.92. The van der Waals surface area contributed by atoms with Crippen LogP contribution in [0.2, 0.25) is 0 Å². The Bertz CT molecular complexity index is 575. The molecule has 4 heteroatoms. The van der Waals surface area contributed by atoms with E-state index in [1.54, 1.807) is 6.07 Å². The fourth-order valence-corrected chi connectivity index (χ4v) is 2.22. The molecule has 0 fully saturated rings. The van der Waals surface area contributed by atoms with Crippen molar-refractivity contribution in [2.75, 3.05) is 6.54 Å². The van der Waals surface area contributed by atoms with Gasteiger partial charge in [0.15, 0.2) is 0 Å². The third-order valence-corrected chi connectivity index (χ3v) is 3.43. The standard InChI is InChI=1S/C16H22FN3/c1-4-7-18-9-15-11-20(19-13(15)3)10-14-5-6-16(17)8-12(14)2/h5-6,8,11,18H,4,7,9-10H2,1-3H3. The summed E-state index contributed by atoms with van der Waals surface area (Å²) in [6.07, 6.45) is 3.20. The van der Waals surface area contributed by atoms with E-state index in [1.807, 2.05) is 24.6 Å². The van der Waals surface area contributed by atoms with Crippen LogP contribution in [0.25, 0.3) is 0 Å². The fourth-order valence-electron chi connectivity index (χ4n) is 2.22. The maximum Gasteiger partial charge on any atom is 0.123 e. The molecule has 0 aliphatic rings. The summed E-state index contributed by atoms with van der Waals surface area (Å²) in [4.78, 5) is 0. The number of hydrogen-bond acceptors (Lipinski definition) is 2. The van der Waals surface area contributed by atoms with Gasteiger partial charge in [-0.2, -0.15) is 5.10 Å². The second-order valence-corrected chi connectivity index (χ2v) is 5.18. The molecule has 1 aromatic heterocycles. The average molecular weight is 275 g/mol. The Kier molecular flexibility index (Phi) is 4.90. The number of halogens is 1. The van der Waals surface area contributed by atoms with Crippen molar-refractivity contribution in [1.82, 2.24) is 15.1 Å². The summed E-state index contributed by atoms with van der Waals surface area (Å²) >= 11 is 0. The number of rotatable bonds is 6. The van der Waals surface area contributed by atoms with Crippen LogP contribution >= 0.6 is 0 Å². The Morgan fingerprint density at radius 3 is 2.75 bits per heavy atom. The van der Waals surface area contributed by atoms with Crippen molar-refractivity contribution < 1.29 is 4.39 Å². The molecule has 2 rings (SSSR count). The summed E-state index contributed by atoms with van der Waals surface area (Å²) in [5.74, 6) is -0.188. The Hall–Kier alpha value is -1.68. The monoisotopic (exact) mass is 275 g/mol. The van der Waals surface area contributed by atoms with Crippen LogP contribution in [0, 0.1) is 19.7 Å². The molecule has 0 atom stereocenters. The highest BCUT2D eigenvalue weighted by molar-refractivity contribution is 5.27. The largest absolute Gasteiger partial charge is 0.313 e. The molecule has 0 radical (unpaired) electrons. The molecule has 1 N–H and O–H groups in total. The Balaban J connectivity index is 2.08. The van der Waals surface area contributed by atoms with Crippen LogP contribution in [0.1, 0.15) is 35.7 Å². The highest BCUT2D eigenvalue weighted by Gasteiger charge is 2.06. The summed E-state index contributed by atoms with van der Waals surface area (Å²) in [6, 6.07) is 4.90. The number of aryl methyl sites for hydroxylation is 2. The van der Waals surface area contributed by atoms with Crippen molar-refractivity contribution in [1.29, 1.82) is 0 Å². The molecule has 0 unspecified atom stereocenters. The molecule has 20 heavy (non-hydrogen) atoms. The normalized spacial score (nSPS) is 11.0. The lowest BCUT2D eigenvalue weighted by Crippen LogP contribution is -2.13. The van der Waals surface area contributed by atoms with E-state index in [4.69, 9.17) is 0 Å². The topological polar surface area (TPSA) is 29.9 Å². The smallest absolute Gasteiger partial charge is 0.123 e. The van der Waals surface area contributed by atoms with Gasteiger partial charge in [-0.05, 0) is 50.1 Å². The Labute approximate surface area is 119 Å². The molecule has 0 saturated heterocycles. The summed E-state index contributed by atoms with van der Waals surface area (Å²) in [6.45, 7) is 8.65. The zero-order chi connectivity index (χ0) is 14.5. The highest BCUT2D eigenvalue weighted by Crippen LogP contribution is 2.13. The number of benzene rings is 1. The third kappa shape index (κ3) is 3.67. The first-order chi connectivity index (χ1) is 9.60. The number of hydrogen-bond donors (Lipinski definition) is 1. The van der Waals surface area contributed by atoms with Crippen LogP contribution in [0.5, 0.6) is 0 Å². The molecule has 1 heterocycles. The van der Waals surface area contributed by atoms with Gasteiger partial charge in [-0.3, -0.25) is 4.68 Å². The van der Waals surface area contributed by atoms with Crippen LogP contribution in [0.3, 0.4) is 0 Å². The second-order valence-electron chi connectivity index (χ2n) is 5.18. The zero-order valence-corrected chi connectivity index (χ0v) is 12.4. The summed E-state index contributed by atoms with van der Waals surface area (Å²) < 4.78 is 15.0. The van der Waals surface area contributed by atoms with Crippen LogP contribution < -0.4 is 5.32 Å². The molecule has 0 aliphatic carbocycles. The van der Waals surface area contributed by atoms with E-state index in [0.29, 0.717) is 6.54 Å². The third-order valence-electron chi connectivity index (χ3n) is 3.43. The minimum atomic E-state index is -0.188. The van der Waals surface area contributed by atoms with Crippen molar-refractivity contribution in [2.45, 2.75) is 40.3 Å². The number of aromatic nitrogens is 2. The summed E-state index contributed by atoms with van der Waals surface area (Å²) in [5.41, 5.74) is 4.33. The van der Waals surface area contributed by atoms with Gasteiger partial charge < -0.3 is 5.32 Å². The first-order valence-corrected chi connectivity index (χ1v) is 7.09. The first-order valence-electron chi connectivity index (χ1n) is 7.09. The zero-order valence-electron chi connectivity index (χ0n) is 12.4. The molecule has 3 nitrogen and oxygen atoms in total. The maximum absolute atomic E-state index is 13.1. The van der Waals surface area contributed by atoms with E-state index < -0.39 is 0 Å². The molecular weight excluding hydrogens is 253 g/mol. The number of nitrogens with one attached hydrogen (secondary N) is 1. The molecule has 2 aromatic rings. The van der Waals surface area contributed by atoms with Gasteiger partial charge in [-0.25, -0.2) is 4.39 Å². The molecule has 0 amide bonds. The first kappa shape index (κ1) is 14.7. The van der Waals surface area contributed by atoms with Gasteiger partial charge in [0, 0.05) is 18.3 Å². The van der Waals surface area contributed by atoms with Crippen molar-refractivity contribution in [3.8, 4) is 0 Å². The lowest BCUT2D eigenvalue weighted by atomic mass is 10.1. The molecule has 0 bridgehead atoms. The summed E-state index contributed by atoms with van der Waals surface area (Å²) in [7, 11) is 0. The molecule has 108 valence electrons. The quantitative estimate of drug-likeness (QED) is 0.821. The predicted octanol–water partition coefficient (Wildman–Crippen LogP) is 3.19. The Morgan fingerprint density at radius 2 is 2.05 bits per heavy atom. The van der Waals surface area contributed by atoms with E-state index in [0.717, 1.165) is 36.3 Å². The minimum Gasteiger partial charge on any atom is -0.313 e. The van der Waals surface area contributed by atoms with E-state index in [-0.39, 0.29) is 5.82 Å². The molecule has 1 aromatic carbocycles.